The van der Waals surface area contributed by atoms with E-state index < -0.39 is 0 Å². The summed E-state index contributed by atoms with van der Waals surface area (Å²) in [4.78, 5) is 0. The monoisotopic (exact) mass is 249 g/mol. The molecule has 8 unspecified atom stereocenters. The normalized spacial score (nSPS) is 58.0. The molecule has 0 aromatic heterocycles. The average molecular weight is 249 g/mol. The first kappa shape index (κ1) is 11.7. The lowest BCUT2D eigenvalue weighted by molar-refractivity contribution is 0.0786. The quantitative estimate of drug-likeness (QED) is 0.789. The largest absolute Gasteiger partial charge is 0.393 e. The van der Waals surface area contributed by atoms with Crippen molar-refractivity contribution in [3.05, 3.63) is 5.92 Å². The highest BCUT2D eigenvalue weighted by atomic mass is 16.3. The van der Waals surface area contributed by atoms with E-state index >= 15 is 0 Å². The zero-order chi connectivity index (χ0) is 12.4. The fraction of sp³-hybridized carbons (Fsp3) is 0.938. The van der Waals surface area contributed by atoms with Gasteiger partial charge >= 0.3 is 0 Å². The van der Waals surface area contributed by atoms with Gasteiger partial charge in [0.15, 0.2) is 0 Å². The molecule has 1 radical (unpaired) electrons. The highest BCUT2D eigenvalue weighted by Gasteiger charge is 2.53. The maximum absolute atomic E-state index is 9.88. The number of fused-ring (bicyclic) bond motifs is 4. The Hall–Kier alpha value is -0.0800. The van der Waals surface area contributed by atoms with Gasteiger partial charge in [-0.1, -0.05) is 6.92 Å². The van der Waals surface area contributed by atoms with Crippen LogP contribution in [0.5, 0.6) is 0 Å². The summed E-state index contributed by atoms with van der Waals surface area (Å²) >= 11 is 0. The number of hydrogen-bond acceptors (Lipinski definition) is 2. The fourth-order valence-electron chi connectivity index (χ4n) is 5.88. The predicted molar refractivity (Wildman–Crippen MR) is 69.6 cm³/mol. The molecule has 0 spiro atoms. The minimum Gasteiger partial charge on any atom is -0.393 e. The van der Waals surface area contributed by atoms with Crippen LogP contribution in [0.1, 0.15) is 45.4 Å². The molecule has 4 fully saturated rings. The average Bonchev–Trinajstić information content (AvgIpc) is 3.04. The van der Waals surface area contributed by atoms with Gasteiger partial charge in [-0.25, -0.2) is 0 Å². The standard InChI is InChI=1S/C16H25O2/c1-8(13-4-11-2-9(13)6-15(11)17)14-5-12-3-10(14)7-16(12)18/h9-18H,2-7H2,1H3. The molecule has 18 heavy (non-hydrogen) atoms. The predicted octanol–water partition coefficient (Wildman–Crippen LogP) is 2.39. The van der Waals surface area contributed by atoms with Gasteiger partial charge < -0.3 is 10.2 Å². The molecular weight excluding hydrogens is 224 g/mol. The zero-order valence-corrected chi connectivity index (χ0v) is 11.3. The molecular formula is C16H25O2. The topological polar surface area (TPSA) is 40.5 Å². The summed E-state index contributed by atoms with van der Waals surface area (Å²) in [5.74, 6) is 6.05. The molecule has 8 atom stereocenters. The van der Waals surface area contributed by atoms with Crippen molar-refractivity contribution in [3.8, 4) is 0 Å². The van der Waals surface area contributed by atoms with Crippen molar-refractivity contribution in [1.29, 1.82) is 0 Å². The van der Waals surface area contributed by atoms with E-state index in [9.17, 15) is 10.2 Å². The Morgan fingerprint density at radius 3 is 1.39 bits per heavy atom. The molecule has 4 saturated carbocycles. The van der Waals surface area contributed by atoms with Crippen molar-refractivity contribution in [1.82, 2.24) is 0 Å². The van der Waals surface area contributed by atoms with E-state index in [-0.39, 0.29) is 12.2 Å². The van der Waals surface area contributed by atoms with Gasteiger partial charge in [0.05, 0.1) is 12.2 Å². The van der Waals surface area contributed by atoms with E-state index in [1.54, 1.807) is 5.92 Å². The van der Waals surface area contributed by atoms with Crippen molar-refractivity contribution < 1.29 is 10.2 Å². The molecule has 0 aromatic rings. The van der Waals surface area contributed by atoms with Crippen LogP contribution in [0.25, 0.3) is 0 Å². The Kier molecular flexibility index (Phi) is 2.58. The zero-order valence-electron chi connectivity index (χ0n) is 11.3. The fourth-order valence-corrected chi connectivity index (χ4v) is 5.88. The van der Waals surface area contributed by atoms with Gasteiger partial charge in [-0.05, 0) is 80.0 Å². The van der Waals surface area contributed by atoms with Crippen molar-refractivity contribution in [3.63, 3.8) is 0 Å². The Morgan fingerprint density at radius 2 is 1.11 bits per heavy atom. The third-order valence-electron chi connectivity index (χ3n) is 6.81. The van der Waals surface area contributed by atoms with Gasteiger partial charge in [0.1, 0.15) is 0 Å². The molecule has 0 saturated heterocycles. The first-order chi connectivity index (χ1) is 8.63. The van der Waals surface area contributed by atoms with Gasteiger partial charge in [-0.15, -0.1) is 0 Å². The number of hydrogen-bond donors (Lipinski definition) is 2. The van der Waals surface area contributed by atoms with Gasteiger partial charge in [-0.2, -0.15) is 0 Å². The maximum Gasteiger partial charge on any atom is 0.0571 e. The lowest BCUT2D eigenvalue weighted by Crippen LogP contribution is -2.32. The molecule has 0 aromatic carbocycles. The van der Waals surface area contributed by atoms with E-state index in [0.717, 1.165) is 36.5 Å². The number of aliphatic hydroxyl groups is 2. The summed E-state index contributed by atoms with van der Waals surface area (Å²) in [5.41, 5.74) is 0. The van der Waals surface area contributed by atoms with E-state index in [1.165, 1.54) is 25.7 Å². The van der Waals surface area contributed by atoms with Crippen LogP contribution >= 0.6 is 0 Å². The second-order valence-corrected chi connectivity index (χ2v) is 7.55. The molecule has 4 bridgehead atoms. The Morgan fingerprint density at radius 1 is 0.667 bits per heavy atom. The van der Waals surface area contributed by atoms with Crippen molar-refractivity contribution >= 4 is 0 Å². The first-order valence-electron chi connectivity index (χ1n) is 7.83. The summed E-state index contributed by atoms with van der Waals surface area (Å²) in [5, 5.41) is 19.8. The van der Waals surface area contributed by atoms with Crippen LogP contribution in [0.2, 0.25) is 0 Å². The Bertz CT molecular complexity index is 306. The summed E-state index contributed by atoms with van der Waals surface area (Å²) < 4.78 is 0. The van der Waals surface area contributed by atoms with E-state index in [4.69, 9.17) is 0 Å². The lowest BCUT2D eigenvalue weighted by Gasteiger charge is -2.37. The van der Waals surface area contributed by atoms with Crippen LogP contribution in [0, 0.1) is 41.4 Å². The highest BCUT2D eigenvalue weighted by Crippen LogP contribution is 2.58. The summed E-state index contributed by atoms with van der Waals surface area (Å²) in [6.07, 6.45) is 7.13. The summed E-state index contributed by atoms with van der Waals surface area (Å²) in [7, 11) is 0. The molecule has 4 aliphatic rings. The molecule has 2 N–H and O–H groups in total. The van der Waals surface area contributed by atoms with Crippen molar-refractivity contribution in [2.75, 3.05) is 0 Å². The van der Waals surface area contributed by atoms with Crippen LogP contribution < -0.4 is 0 Å². The Balaban J connectivity index is 1.45. The summed E-state index contributed by atoms with van der Waals surface area (Å²) in [6, 6.07) is 0. The Labute approximate surface area is 110 Å². The maximum atomic E-state index is 9.88. The third-order valence-corrected chi connectivity index (χ3v) is 6.81. The molecule has 0 aliphatic heterocycles. The molecule has 4 aliphatic carbocycles. The minimum atomic E-state index is 0.000835. The third kappa shape index (κ3) is 1.54. The molecule has 0 amide bonds. The minimum absolute atomic E-state index is 0.000835. The second-order valence-electron chi connectivity index (χ2n) is 7.55. The van der Waals surface area contributed by atoms with Gasteiger partial charge in [0.2, 0.25) is 0 Å². The molecule has 101 valence electrons. The van der Waals surface area contributed by atoms with Crippen LogP contribution in [0.15, 0.2) is 0 Å². The van der Waals surface area contributed by atoms with Crippen molar-refractivity contribution in [2.45, 2.75) is 57.7 Å². The smallest absolute Gasteiger partial charge is 0.0571 e. The van der Waals surface area contributed by atoms with Gasteiger partial charge in [-0.3, -0.25) is 0 Å². The molecule has 0 heterocycles. The SMILES string of the molecule is C[C](C1CC2CC1CC2O)C1CC2CC1CC2O. The first-order valence-corrected chi connectivity index (χ1v) is 7.83. The van der Waals surface area contributed by atoms with E-state index in [2.05, 4.69) is 6.92 Å². The van der Waals surface area contributed by atoms with Crippen LogP contribution in [-0.4, -0.2) is 22.4 Å². The molecule has 2 nitrogen and oxygen atoms in total. The summed E-state index contributed by atoms with van der Waals surface area (Å²) in [6.45, 7) is 2.38. The van der Waals surface area contributed by atoms with Crippen LogP contribution in [0.3, 0.4) is 0 Å². The van der Waals surface area contributed by atoms with E-state index in [0.29, 0.717) is 11.8 Å². The number of aliphatic hydroxyl groups excluding tert-OH is 2. The van der Waals surface area contributed by atoms with Gasteiger partial charge in [0, 0.05) is 0 Å². The van der Waals surface area contributed by atoms with Crippen LogP contribution in [-0.2, 0) is 0 Å². The van der Waals surface area contributed by atoms with Gasteiger partial charge in [0.25, 0.3) is 0 Å². The molecule has 4 rings (SSSR count). The second kappa shape index (κ2) is 3.96. The van der Waals surface area contributed by atoms with Crippen molar-refractivity contribution in [2.24, 2.45) is 35.5 Å². The number of rotatable bonds is 2. The highest BCUT2D eigenvalue weighted by molar-refractivity contribution is 5.13. The van der Waals surface area contributed by atoms with Crippen LogP contribution in [0.4, 0.5) is 0 Å². The molecule has 2 heteroatoms. The lowest BCUT2D eigenvalue weighted by atomic mass is 9.69. The van der Waals surface area contributed by atoms with E-state index in [1.807, 2.05) is 0 Å².